The van der Waals surface area contributed by atoms with E-state index >= 15 is 0 Å². The summed E-state index contributed by atoms with van der Waals surface area (Å²) < 4.78 is 0. The number of hydrogen-bond donors (Lipinski definition) is 1. The lowest BCUT2D eigenvalue weighted by Crippen LogP contribution is -2.31. The largest absolute Gasteiger partial charge is 0.344 e. The van der Waals surface area contributed by atoms with Crippen molar-refractivity contribution in [2.24, 2.45) is 35.5 Å². The summed E-state index contributed by atoms with van der Waals surface area (Å²) in [6.07, 6.45) is 32.6. The molecule has 47 heavy (non-hydrogen) atoms. The van der Waals surface area contributed by atoms with E-state index in [1.54, 1.807) is 11.1 Å². The molecular formula is C45H82ClN. The van der Waals surface area contributed by atoms with Gasteiger partial charge in [0, 0.05) is 5.88 Å². The van der Waals surface area contributed by atoms with E-state index < -0.39 is 0 Å². The molecule has 0 aromatic heterocycles. The molecule has 3 rings (SSSR count). The maximum absolute atomic E-state index is 6.79. The second kappa shape index (κ2) is 23.8. The molecule has 2 heteroatoms. The predicted octanol–water partition coefficient (Wildman–Crippen LogP) is 15.7. The van der Waals surface area contributed by atoms with Gasteiger partial charge in [0.15, 0.2) is 0 Å². The van der Waals surface area contributed by atoms with E-state index in [1.165, 1.54) is 153 Å². The van der Waals surface area contributed by atoms with Crippen LogP contribution in [0.4, 0.5) is 0 Å². The molecule has 2 aliphatic rings. The summed E-state index contributed by atoms with van der Waals surface area (Å²) in [7, 11) is 0. The van der Waals surface area contributed by atoms with Crippen LogP contribution in [0.5, 0.6) is 0 Å². The van der Waals surface area contributed by atoms with Crippen molar-refractivity contribution in [3.63, 3.8) is 0 Å². The Hall–Kier alpha value is -0.530. The molecule has 0 saturated heterocycles. The molecule has 0 radical (unpaired) electrons. The first-order valence-electron chi connectivity index (χ1n) is 21.0. The van der Waals surface area contributed by atoms with Crippen molar-refractivity contribution in [3.8, 4) is 0 Å². The van der Waals surface area contributed by atoms with E-state index in [4.69, 9.17) is 11.6 Å². The molecule has 2 fully saturated rings. The number of benzene rings is 1. The molecule has 0 spiro atoms. The van der Waals surface area contributed by atoms with Gasteiger partial charge in [0.25, 0.3) is 0 Å². The number of halogens is 1. The van der Waals surface area contributed by atoms with Gasteiger partial charge in [0.05, 0.1) is 0 Å². The van der Waals surface area contributed by atoms with Crippen LogP contribution < -0.4 is 6.15 Å². The summed E-state index contributed by atoms with van der Waals surface area (Å²) >= 11 is 6.79. The van der Waals surface area contributed by atoms with E-state index in [1.807, 2.05) is 5.56 Å². The standard InChI is InChI=1S/C45H79Cl.H3N/c1-8-9-10-11-12-13-14-15-16-17-18-19-20-21-22-23-24-41-38(33-46)27-30-42(43-31-36(6)25-28-39(43)34(2)3)45(41)44-32-37(7)26-29-40(44)35(4)5;/h27,30,34-37,39-40,43-44H,8-26,28-29,31-33H2,1-7H3;1H3. The molecule has 0 amide bonds. The zero-order chi connectivity index (χ0) is 33.3. The molecule has 2 aliphatic carbocycles. The monoisotopic (exact) mass is 672 g/mol. The normalized spacial score (nSPS) is 25.0. The van der Waals surface area contributed by atoms with Crippen molar-refractivity contribution >= 4 is 11.6 Å². The van der Waals surface area contributed by atoms with Gasteiger partial charge < -0.3 is 6.15 Å². The summed E-state index contributed by atoms with van der Waals surface area (Å²) in [6, 6.07) is 5.07. The van der Waals surface area contributed by atoms with Crippen molar-refractivity contribution in [3.05, 3.63) is 34.4 Å². The van der Waals surface area contributed by atoms with Gasteiger partial charge in [-0.3, -0.25) is 0 Å². The average Bonchev–Trinajstić information content (AvgIpc) is 3.03. The van der Waals surface area contributed by atoms with Crippen LogP contribution in [0.1, 0.15) is 224 Å². The maximum atomic E-state index is 6.79. The number of alkyl halides is 1. The first kappa shape index (κ1) is 42.6. The molecule has 6 atom stereocenters. The molecule has 1 nitrogen and oxygen atoms in total. The lowest BCUT2D eigenvalue weighted by molar-refractivity contribution is 0.182. The summed E-state index contributed by atoms with van der Waals surface area (Å²) in [5.74, 6) is 6.92. The minimum absolute atomic E-state index is 0. The third-order valence-corrected chi connectivity index (χ3v) is 13.0. The van der Waals surface area contributed by atoms with E-state index in [-0.39, 0.29) is 6.15 Å². The van der Waals surface area contributed by atoms with E-state index in [0.717, 1.165) is 41.4 Å². The Balaban J connectivity index is 0.00000768. The third kappa shape index (κ3) is 14.0. The molecule has 0 heterocycles. The van der Waals surface area contributed by atoms with E-state index in [2.05, 4.69) is 60.6 Å². The van der Waals surface area contributed by atoms with Crippen LogP contribution in [0.3, 0.4) is 0 Å². The lowest BCUT2D eigenvalue weighted by Gasteiger charge is -2.44. The summed E-state index contributed by atoms with van der Waals surface area (Å²) in [4.78, 5) is 0. The van der Waals surface area contributed by atoms with Crippen molar-refractivity contribution in [2.45, 2.75) is 214 Å². The summed E-state index contributed by atoms with van der Waals surface area (Å²) in [5, 5.41) is 0. The Morgan fingerprint density at radius 1 is 0.596 bits per heavy atom. The minimum atomic E-state index is 0. The molecule has 3 N–H and O–H groups in total. The zero-order valence-corrected chi connectivity index (χ0v) is 33.6. The second-order valence-corrected chi connectivity index (χ2v) is 17.5. The molecule has 1 aromatic carbocycles. The van der Waals surface area contributed by atoms with Gasteiger partial charge in [-0.25, -0.2) is 0 Å². The first-order chi connectivity index (χ1) is 22.3. The van der Waals surface area contributed by atoms with Crippen molar-refractivity contribution in [2.75, 3.05) is 0 Å². The number of hydrogen-bond acceptors (Lipinski definition) is 1. The Labute approximate surface area is 300 Å². The zero-order valence-electron chi connectivity index (χ0n) is 32.8. The maximum Gasteiger partial charge on any atom is 0.0476 e. The van der Waals surface area contributed by atoms with Crippen molar-refractivity contribution < 1.29 is 0 Å². The lowest BCUT2D eigenvalue weighted by atomic mass is 9.61. The van der Waals surface area contributed by atoms with Crippen LogP contribution in [0.25, 0.3) is 0 Å². The molecule has 6 unspecified atom stereocenters. The van der Waals surface area contributed by atoms with Gasteiger partial charge in [0.1, 0.15) is 0 Å². The van der Waals surface area contributed by atoms with E-state index in [9.17, 15) is 0 Å². The Morgan fingerprint density at radius 2 is 1.02 bits per heavy atom. The molecular weight excluding hydrogens is 590 g/mol. The number of unbranched alkanes of at least 4 members (excludes halogenated alkanes) is 15. The fraction of sp³-hybridized carbons (Fsp3) is 0.867. The highest BCUT2D eigenvalue weighted by Gasteiger charge is 2.39. The second-order valence-electron chi connectivity index (χ2n) is 17.3. The topological polar surface area (TPSA) is 35.0 Å². The average molecular weight is 673 g/mol. The Bertz CT molecular complexity index is 936. The van der Waals surface area contributed by atoms with Crippen LogP contribution in [0.15, 0.2) is 12.1 Å². The molecule has 0 bridgehead atoms. The van der Waals surface area contributed by atoms with Gasteiger partial charge in [0.2, 0.25) is 0 Å². The fourth-order valence-electron chi connectivity index (χ4n) is 9.85. The van der Waals surface area contributed by atoms with Crippen LogP contribution in [-0.2, 0) is 12.3 Å². The fourth-order valence-corrected chi connectivity index (χ4v) is 10.1. The highest BCUT2D eigenvalue weighted by molar-refractivity contribution is 6.17. The van der Waals surface area contributed by atoms with Gasteiger partial charge >= 0.3 is 0 Å². The summed E-state index contributed by atoms with van der Waals surface area (Å²) in [5.41, 5.74) is 6.72. The van der Waals surface area contributed by atoms with Crippen LogP contribution in [-0.4, -0.2) is 0 Å². The Morgan fingerprint density at radius 3 is 1.47 bits per heavy atom. The highest BCUT2D eigenvalue weighted by Crippen LogP contribution is 2.52. The third-order valence-electron chi connectivity index (χ3n) is 12.7. The van der Waals surface area contributed by atoms with Gasteiger partial charge in [-0.1, -0.05) is 170 Å². The molecule has 274 valence electrons. The van der Waals surface area contributed by atoms with E-state index in [0.29, 0.717) is 11.8 Å². The van der Waals surface area contributed by atoms with Crippen molar-refractivity contribution in [1.82, 2.24) is 6.15 Å². The van der Waals surface area contributed by atoms with Crippen LogP contribution >= 0.6 is 11.6 Å². The molecule has 1 aromatic rings. The van der Waals surface area contributed by atoms with Crippen molar-refractivity contribution in [1.29, 1.82) is 0 Å². The minimum Gasteiger partial charge on any atom is -0.344 e. The van der Waals surface area contributed by atoms with Crippen LogP contribution in [0.2, 0.25) is 0 Å². The highest BCUT2D eigenvalue weighted by atomic mass is 35.5. The molecule has 2 saturated carbocycles. The van der Waals surface area contributed by atoms with Gasteiger partial charge in [-0.2, -0.15) is 0 Å². The smallest absolute Gasteiger partial charge is 0.0476 e. The SMILES string of the molecule is CCCCCCCCCCCCCCCCCCc1c(CCl)ccc(C2CC(C)CCC2C(C)C)c1C1CC(C)CCC1C(C)C.N. The quantitative estimate of drug-likeness (QED) is 0.0966. The van der Waals surface area contributed by atoms with Gasteiger partial charge in [-0.15, -0.1) is 11.6 Å². The predicted molar refractivity (Wildman–Crippen MR) is 212 cm³/mol. The van der Waals surface area contributed by atoms with Crippen LogP contribution in [0, 0.1) is 35.5 Å². The number of rotatable bonds is 22. The Kier molecular flexibility index (Phi) is 21.6. The molecule has 0 aliphatic heterocycles. The van der Waals surface area contributed by atoms with Gasteiger partial charge in [-0.05, 0) is 108 Å². The first-order valence-corrected chi connectivity index (χ1v) is 21.5. The summed E-state index contributed by atoms with van der Waals surface area (Å²) in [6.45, 7) is 17.4.